The zero-order valence-electron chi connectivity index (χ0n) is 52.4. The van der Waals surface area contributed by atoms with Gasteiger partial charge in [-0.2, -0.15) is 11.8 Å². The van der Waals surface area contributed by atoms with E-state index in [0.717, 1.165) is 28.7 Å². The minimum absolute atomic E-state index is 0.00981. The van der Waals surface area contributed by atoms with Gasteiger partial charge in [0.2, 0.25) is 29.5 Å². The number of aromatic nitrogens is 2. The lowest BCUT2D eigenvalue weighted by Gasteiger charge is -2.40. The molecule has 3 atom stereocenters. The number of imidazole rings is 1. The fourth-order valence-electron chi connectivity index (χ4n) is 9.05. The predicted octanol–water partition coefficient (Wildman–Crippen LogP) is 3.67. The molecule has 0 aliphatic carbocycles. The summed E-state index contributed by atoms with van der Waals surface area (Å²) in [6.45, 7) is 17.7. The van der Waals surface area contributed by atoms with Crippen LogP contribution >= 0.6 is 11.8 Å². The molecule has 89 heavy (non-hydrogen) atoms. The topological polar surface area (TPSA) is 297 Å². The van der Waals surface area contributed by atoms with E-state index in [9.17, 15) is 38.0 Å². The Balaban J connectivity index is 1.07. The van der Waals surface area contributed by atoms with Crippen LogP contribution in [0.25, 0.3) is 11.3 Å². The number of nitrogens with one attached hydrogen (secondary N) is 2. The van der Waals surface area contributed by atoms with Gasteiger partial charge in [-0.3, -0.25) is 38.5 Å². The van der Waals surface area contributed by atoms with Crippen molar-refractivity contribution < 1.29 is 80.2 Å². The van der Waals surface area contributed by atoms with Gasteiger partial charge in [0, 0.05) is 75.2 Å². The number of carbonyl (C=O) groups excluding carboxylic acids is 7. The fourth-order valence-corrected chi connectivity index (χ4v) is 9.86. The van der Waals surface area contributed by atoms with Crippen molar-refractivity contribution in [2.45, 2.75) is 85.5 Å². The molecule has 0 fully saturated rings. The molecule has 0 unspecified atom stereocenters. The van der Waals surface area contributed by atoms with E-state index in [4.69, 9.17) is 54.3 Å². The van der Waals surface area contributed by atoms with Crippen LogP contribution in [0.2, 0.25) is 0 Å². The predicted molar refractivity (Wildman–Crippen MR) is 330 cm³/mol. The quantitative estimate of drug-likeness (QED) is 0.0463. The minimum Gasteiger partial charge on any atom is -0.379 e. The Kier molecular flexibility index (Phi) is 35.4. The smallest absolute Gasteiger partial charge is 0.253 e. The van der Waals surface area contributed by atoms with Gasteiger partial charge in [-0.1, -0.05) is 65.0 Å². The van der Waals surface area contributed by atoms with Crippen molar-refractivity contribution in [2.24, 2.45) is 22.8 Å². The van der Waals surface area contributed by atoms with Crippen LogP contribution in [0, 0.1) is 23.0 Å². The minimum atomic E-state index is -1.03. The molecule has 0 spiro atoms. The Bertz CT molecular complexity index is 2650. The molecule has 7 amide bonds. The molecule has 3 aromatic rings. The van der Waals surface area contributed by atoms with Crippen molar-refractivity contribution >= 4 is 53.1 Å². The van der Waals surface area contributed by atoms with E-state index in [0.29, 0.717) is 118 Å². The van der Waals surface area contributed by atoms with Crippen molar-refractivity contribution in [3.8, 4) is 11.3 Å². The van der Waals surface area contributed by atoms with Crippen LogP contribution in [0.15, 0.2) is 66.9 Å². The zero-order chi connectivity index (χ0) is 65.0. The number of amides is 7. The highest BCUT2D eigenvalue weighted by atomic mass is 32.2. The molecule has 6 N–H and O–H groups in total. The molecule has 0 saturated carbocycles. The first-order chi connectivity index (χ1) is 42.7. The summed E-state index contributed by atoms with van der Waals surface area (Å²) in [6.07, 6.45) is 4.50. The summed E-state index contributed by atoms with van der Waals surface area (Å²) >= 11 is 1.27. The van der Waals surface area contributed by atoms with Crippen molar-refractivity contribution in [3.63, 3.8) is 0 Å². The summed E-state index contributed by atoms with van der Waals surface area (Å²) in [6, 6.07) is 10.1. The maximum atomic E-state index is 15.3. The van der Waals surface area contributed by atoms with Crippen LogP contribution in [0.1, 0.15) is 78.2 Å². The molecule has 4 rings (SSSR count). The van der Waals surface area contributed by atoms with E-state index in [1.807, 2.05) is 55.7 Å². The van der Waals surface area contributed by atoms with Crippen LogP contribution in [0.3, 0.4) is 0 Å². The molecule has 1 aromatic heterocycles. The van der Waals surface area contributed by atoms with Crippen LogP contribution in [-0.2, 0) is 78.0 Å². The number of nitrogens with two attached hydrogens (primary N) is 2. The first-order valence-corrected chi connectivity index (χ1v) is 31.3. The lowest BCUT2D eigenvalue weighted by molar-refractivity contribution is -0.142. The van der Waals surface area contributed by atoms with Gasteiger partial charge in [-0.05, 0) is 55.0 Å². The largest absolute Gasteiger partial charge is 0.379 e. The van der Waals surface area contributed by atoms with Gasteiger partial charge in [0.05, 0.1) is 123 Å². The first kappa shape index (κ1) is 75.2. The van der Waals surface area contributed by atoms with Crippen LogP contribution in [0.4, 0.5) is 8.78 Å². The molecule has 1 aliphatic rings. The summed E-state index contributed by atoms with van der Waals surface area (Å²) in [5.74, 6) is -3.92. The molecule has 24 nitrogen and oxygen atoms in total. The number of rotatable bonds is 48. The lowest BCUT2D eigenvalue weighted by Crippen LogP contribution is -2.56. The van der Waals surface area contributed by atoms with E-state index in [1.165, 1.54) is 35.7 Å². The number of ether oxygens (including phenoxy) is 8. The van der Waals surface area contributed by atoms with E-state index in [-0.39, 0.29) is 92.8 Å². The third-order valence-corrected chi connectivity index (χ3v) is 14.7. The summed E-state index contributed by atoms with van der Waals surface area (Å²) in [4.78, 5) is 98.4. The second-order valence-corrected chi connectivity index (χ2v) is 23.2. The Morgan fingerprint density at radius 1 is 0.697 bits per heavy atom. The summed E-state index contributed by atoms with van der Waals surface area (Å²) in [5.41, 5.74) is 12.3. The second-order valence-electron chi connectivity index (χ2n) is 22.1. The highest BCUT2D eigenvalue weighted by Gasteiger charge is 2.39. The molecule has 0 saturated heterocycles. The van der Waals surface area contributed by atoms with Gasteiger partial charge < -0.3 is 74.4 Å². The number of primary amides is 1. The van der Waals surface area contributed by atoms with E-state index in [1.54, 1.807) is 24.9 Å². The molecule has 0 bridgehead atoms. The Labute approximate surface area is 525 Å². The van der Waals surface area contributed by atoms with Gasteiger partial charge in [-0.15, -0.1) is 0 Å². The van der Waals surface area contributed by atoms with Gasteiger partial charge in [0.1, 0.15) is 29.5 Å². The number of hydrogen-bond acceptors (Lipinski definition) is 18. The lowest BCUT2D eigenvalue weighted by atomic mass is 9.84. The number of carbonyl (C=O) groups is 7. The van der Waals surface area contributed by atoms with Crippen molar-refractivity contribution in [1.29, 1.82) is 0 Å². The zero-order valence-corrected chi connectivity index (χ0v) is 53.2. The first-order valence-electron chi connectivity index (χ1n) is 30.2. The third kappa shape index (κ3) is 28.2. The van der Waals surface area contributed by atoms with Crippen molar-refractivity contribution in [3.05, 3.63) is 89.9 Å². The molecule has 2 aromatic carbocycles. The molecule has 2 heterocycles. The summed E-state index contributed by atoms with van der Waals surface area (Å²) < 4.78 is 75.7. The Morgan fingerprint density at radius 3 is 1.75 bits per heavy atom. The number of hydrogen-bond donors (Lipinski definition) is 4. The number of benzene rings is 2. The van der Waals surface area contributed by atoms with Crippen molar-refractivity contribution in [1.82, 2.24) is 34.9 Å². The van der Waals surface area contributed by atoms with Crippen LogP contribution < -0.4 is 22.1 Å². The maximum absolute atomic E-state index is 15.3. The SMILES string of the molecule is CC(C)[C@H](NC(=O)CCOCCOCCOCCOCCOCCOCCOCCOCCNC(=O)CCN1C(=O)C=CC1=O)C(=O)N(CCSCC(=O)N(CCCN)[C@@H](c1nc(-c2cc(F)ccc2F)cn1Cc1ccccc1)C(C)(C)C)[C@@H](C)C(N)=O. The van der Waals surface area contributed by atoms with E-state index >= 15 is 4.39 Å². The van der Waals surface area contributed by atoms with Crippen LogP contribution in [0.5, 0.6) is 0 Å². The average molecular weight is 1270 g/mol. The third-order valence-electron chi connectivity index (χ3n) is 13.7. The van der Waals surface area contributed by atoms with E-state index in [2.05, 4.69) is 10.6 Å². The van der Waals surface area contributed by atoms with Crippen LogP contribution in [-0.4, -0.2) is 228 Å². The van der Waals surface area contributed by atoms with E-state index < -0.39 is 64.7 Å². The van der Waals surface area contributed by atoms with Gasteiger partial charge in [0.25, 0.3) is 11.8 Å². The van der Waals surface area contributed by atoms with Crippen molar-refractivity contribution in [2.75, 3.05) is 150 Å². The molecular weight excluding hydrogens is 1180 g/mol. The Hall–Kier alpha value is -6.27. The highest BCUT2D eigenvalue weighted by molar-refractivity contribution is 7.99. The molecule has 0 radical (unpaired) electrons. The monoisotopic (exact) mass is 1270 g/mol. The molecule has 1 aliphatic heterocycles. The standard InChI is InChI=1S/C62H93F2N9O15S/c1-45(2)57(69-53(75)18-24-81-26-28-83-30-32-85-34-36-87-38-39-88-37-35-86-33-31-84-29-27-82-25-20-67-52(74)17-22-72-54(76)15-16-55(72)77)61(80)71(46(3)59(66)79)23-40-89-44-56(78)73(21-10-19-65)58(62(4,5)6)60-68-51(49-41-48(63)13-14-50(49)64)43-70(60)42-47-11-8-7-9-12-47/h7-9,11-16,41,43,45-46,57-58H,10,17-40,42,44,65H2,1-6H3,(H2,66,79)(H,67,74)(H,69,75)/t46-,57-,58-/m0/s1. The highest BCUT2D eigenvalue weighted by Crippen LogP contribution is 2.40. The molecule has 27 heteroatoms. The van der Waals surface area contributed by atoms with Gasteiger partial charge in [0.15, 0.2) is 0 Å². The number of imide groups is 1. The van der Waals surface area contributed by atoms with Gasteiger partial charge >= 0.3 is 0 Å². The second kappa shape index (κ2) is 41.9. The summed E-state index contributed by atoms with van der Waals surface area (Å²) in [5, 5.41) is 5.48. The number of halogens is 2. The number of thioether (sulfide) groups is 1. The fraction of sp³-hybridized carbons (Fsp3) is 0.613. The van der Waals surface area contributed by atoms with Gasteiger partial charge in [-0.25, -0.2) is 13.8 Å². The number of nitrogens with zero attached hydrogens (tertiary/aromatic N) is 5. The maximum Gasteiger partial charge on any atom is 0.253 e. The molecule has 496 valence electrons. The summed E-state index contributed by atoms with van der Waals surface area (Å²) in [7, 11) is 0. The molecular formula is C62H93F2N9O15S. The normalized spacial score (nSPS) is 13.5. The Morgan fingerprint density at radius 2 is 1.24 bits per heavy atom. The average Bonchev–Trinajstić information content (AvgIpc) is 2.86.